The fourth-order valence-corrected chi connectivity index (χ4v) is 1.44. The molecule has 0 aliphatic heterocycles. The van der Waals surface area contributed by atoms with Gasteiger partial charge in [-0.2, -0.15) is 13.2 Å². The number of hydrogen-bond donors (Lipinski definition) is 1. The van der Waals surface area contributed by atoms with Crippen LogP contribution in [-0.2, 0) is 11.2 Å². The molecule has 17 heavy (non-hydrogen) atoms. The lowest BCUT2D eigenvalue weighted by Crippen LogP contribution is -2.11. The highest BCUT2D eigenvalue weighted by Crippen LogP contribution is 2.22. The predicted molar refractivity (Wildman–Crippen MR) is 59.5 cm³/mol. The van der Waals surface area contributed by atoms with Gasteiger partial charge >= 0.3 is 6.18 Å². The minimum atomic E-state index is -4.26. The van der Waals surface area contributed by atoms with Crippen LogP contribution in [-0.4, -0.2) is 12.0 Å². The largest absolute Gasteiger partial charge is 0.399 e. The average Bonchev–Trinajstić information content (AvgIpc) is 2.23. The Hall–Kier alpha value is -1.52. The molecular weight excluding hydrogens is 231 g/mol. The molecular formula is C12H14F3NO. The van der Waals surface area contributed by atoms with Crippen molar-refractivity contribution in [2.24, 2.45) is 0 Å². The minimum absolute atomic E-state index is 0.125. The molecule has 2 N–H and O–H groups in total. The van der Waals surface area contributed by atoms with Gasteiger partial charge in [-0.05, 0) is 24.1 Å². The molecule has 1 aromatic rings. The van der Waals surface area contributed by atoms with E-state index in [1.165, 1.54) is 0 Å². The van der Waals surface area contributed by atoms with Crippen molar-refractivity contribution in [1.29, 1.82) is 0 Å². The molecule has 0 bridgehead atoms. The Morgan fingerprint density at radius 3 is 2.53 bits per heavy atom. The zero-order chi connectivity index (χ0) is 12.9. The van der Waals surface area contributed by atoms with Gasteiger partial charge in [-0.1, -0.05) is 12.1 Å². The highest BCUT2D eigenvalue weighted by molar-refractivity contribution is 5.78. The van der Waals surface area contributed by atoms with Gasteiger partial charge in [0.1, 0.15) is 5.78 Å². The summed E-state index contributed by atoms with van der Waals surface area (Å²) in [5, 5.41) is 0. The smallest absolute Gasteiger partial charge is 0.389 e. The predicted octanol–water partition coefficient (Wildman–Crippen LogP) is 3.11. The first-order valence-electron chi connectivity index (χ1n) is 5.30. The maximum absolute atomic E-state index is 11.9. The molecule has 0 unspecified atom stereocenters. The summed E-state index contributed by atoms with van der Waals surface area (Å²) < 4.78 is 35.6. The molecule has 0 spiro atoms. The van der Waals surface area contributed by atoms with E-state index in [1.54, 1.807) is 24.3 Å². The lowest BCUT2D eigenvalue weighted by molar-refractivity contribution is -0.143. The molecule has 0 aliphatic rings. The number of anilines is 1. The third-order valence-electron chi connectivity index (χ3n) is 2.33. The van der Waals surface area contributed by atoms with Gasteiger partial charge in [-0.3, -0.25) is 4.79 Å². The van der Waals surface area contributed by atoms with Gasteiger partial charge < -0.3 is 5.73 Å². The fourth-order valence-electron chi connectivity index (χ4n) is 1.44. The topological polar surface area (TPSA) is 43.1 Å². The maximum Gasteiger partial charge on any atom is 0.389 e. The second kappa shape index (κ2) is 5.70. The summed E-state index contributed by atoms with van der Waals surface area (Å²) in [5.74, 6) is -0.371. The zero-order valence-corrected chi connectivity index (χ0v) is 9.26. The number of nitrogen functional groups attached to an aromatic ring is 1. The van der Waals surface area contributed by atoms with Crippen molar-refractivity contribution in [2.75, 3.05) is 5.73 Å². The number of Topliss-reactive ketones (excluding diaryl/α,β-unsaturated/α-hetero) is 1. The second-order valence-corrected chi connectivity index (χ2v) is 3.90. The number of aryl methyl sites for hydroxylation is 1. The van der Waals surface area contributed by atoms with Gasteiger partial charge in [0.2, 0.25) is 0 Å². The molecule has 2 nitrogen and oxygen atoms in total. The molecule has 0 saturated heterocycles. The summed E-state index contributed by atoms with van der Waals surface area (Å²) in [4.78, 5) is 11.2. The van der Waals surface area contributed by atoms with E-state index >= 15 is 0 Å². The van der Waals surface area contributed by atoms with Crippen LogP contribution in [0, 0.1) is 0 Å². The summed E-state index contributed by atoms with van der Waals surface area (Å²) in [5.41, 5.74) is 7.00. The Labute approximate surface area is 97.6 Å². The summed E-state index contributed by atoms with van der Waals surface area (Å²) in [6, 6.07) is 6.99. The van der Waals surface area contributed by atoms with Crippen LogP contribution >= 0.6 is 0 Å². The van der Waals surface area contributed by atoms with Crippen LogP contribution in [0.1, 0.15) is 24.8 Å². The lowest BCUT2D eigenvalue weighted by atomic mass is 10.0. The number of benzene rings is 1. The van der Waals surface area contributed by atoms with Crippen LogP contribution in [0.2, 0.25) is 0 Å². The Kier molecular flexibility index (Phi) is 4.54. The van der Waals surface area contributed by atoms with E-state index in [-0.39, 0.29) is 12.2 Å². The number of rotatable bonds is 5. The highest BCUT2D eigenvalue weighted by Gasteiger charge is 2.27. The van der Waals surface area contributed by atoms with Crippen LogP contribution in [0.5, 0.6) is 0 Å². The molecule has 0 fully saturated rings. The molecule has 0 aromatic heterocycles. The van der Waals surface area contributed by atoms with Crippen LogP contribution in [0.4, 0.5) is 18.9 Å². The standard InChI is InChI=1S/C12H14F3NO/c13-12(14,15)7-6-11(17)5-4-9-2-1-3-10(16)8-9/h1-3,8H,4-7,16H2. The van der Waals surface area contributed by atoms with Crippen molar-refractivity contribution >= 4 is 11.5 Å². The van der Waals surface area contributed by atoms with Crippen molar-refractivity contribution in [3.05, 3.63) is 29.8 Å². The SMILES string of the molecule is Nc1cccc(CCC(=O)CCC(F)(F)F)c1. The van der Waals surface area contributed by atoms with Crippen molar-refractivity contribution < 1.29 is 18.0 Å². The Morgan fingerprint density at radius 1 is 1.24 bits per heavy atom. The second-order valence-electron chi connectivity index (χ2n) is 3.90. The lowest BCUT2D eigenvalue weighted by Gasteiger charge is -2.05. The quantitative estimate of drug-likeness (QED) is 0.810. The normalized spacial score (nSPS) is 11.5. The Bertz CT molecular complexity index is 388. The number of ketones is 1. The van der Waals surface area contributed by atoms with Gasteiger partial charge in [0, 0.05) is 18.5 Å². The Balaban J connectivity index is 2.33. The first-order valence-corrected chi connectivity index (χ1v) is 5.30. The zero-order valence-electron chi connectivity index (χ0n) is 9.26. The number of carbonyl (C=O) groups excluding carboxylic acids is 1. The number of halogens is 3. The highest BCUT2D eigenvalue weighted by atomic mass is 19.4. The number of hydrogen-bond acceptors (Lipinski definition) is 2. The molecule has 0 saturated carbocycles. The van der Waals surface area contributed by atoms with E-state index in [0.717, 1.165) is 5.56 Å². The summed E-state index contributed by atoms with van der Waals surface area (Å²) in [7, 11) is 0. The molecule has 1 aromatic carbocycles. The number of nitrogens with two attached hydrogens (primary N) is 1. The van der Waals surface area contributed by atoms with E-state index in [0.29, 0.717) is 12.1 Å². The van der Waals surface area contributed by atoms with Crippen LogP contribution in [0.25, 0.3) is 0 Å². The third kappa shape index (κ3) is 5.94. The monoisotopic (exact) mass is 245 g/mol. The first-order chi connectivity index (χ1) is 7.87. The molecule has 0 atom stereocenters. The first kappa shape index (κ1) is 13.5. The number of carbonyl (C=O) groups is 1. The molecule has 0 radical (unpaired) electrons. The van der Waals surface area contributed by atoms with E-state index in [4.69, 9.17) is 5.73 Å². The van der Waals surface area contributed by atoms with Crippen molar-refractivity contribution in [1.82, 2.24) is 0 Å². The van der Waals surface area contributed by atoms with Gasteiger partial charge in [-0.15, -0.1) is 0 Å². The summed E-state index contributed by atoms with van der Waals surface area (Å²) in [6.07, 6.45) is -5.18. The van der Waals surface area contributed by atoms with Gasteiger partial charge in [-0.25, -0.2) is 0 Å². The molecule has 5 heteroatoms. The van der Waals surface area contributed by atoms with E-state index < -0.39 is 19.0 Å². The molecule has 0 heterocycles. The van der Waals surface area contributed by atoms with Crippen molar-refractivity contribution in [3.8, 4) is 0 Å². The fraction of sp³-hybridized carbons (Fsp3) is 0.417. The maximum atomic E-state index is 11.9. The molecule has 1 rings (SSSR count). The van der Waals surface area contributed by atoms with Crippen molar-refractivity contribution in [3.63, 3.8) is 0 Å². The molecule has 0 aliphatic carbocycles. The van der Waals surface area contributed by atoms with E-state index in [9.17, 15) is 18.0 Å². The van der Waals surface area contributed by atoms with Crippen LogP contribution in [0.15, 0.2) is 24.3 Å². The minimum Gasteiger partial charge on any atom is -0.399 e. The third-order valence-corrected chi connectivity index (χ3v) is 2.33. The van der Waals surface area contributed by atoms with Gasteiger partial charge in [0.05, 0.1) is 6.42 Å². The van der Waals surface area contributed by atoms with E-state index in [1.807, 2.05) is 0 Å². The van der Waals surface area contributed by atoms with Gasteiger partial charge in [0.15, 0.2) is 0 Å². The van der Waals surface area contributed by atoms with Crippen molar-refractivity contribution in [2.45, 2.75) is 31.9 Å². The molecule has 0 amide bonds. The van der Waals surface area contributed by atoms with Crippen LogP contribution < -0.4 is 5.73 Å². The van der Waals surface area contributed by atoms with E-state index in [2.05, 4.69) is 0 Å². The summed E-state index contributed by atoms with van der Waals surface area (Å²) in [6.45, 7) is 0. The Morgan fingerprint density at radius 2 is 1.94 bits per heavy atom. The van der Waals surface area contributed by atoms with Gasteiger partial charge in [0.25, 0.3) is 0 Å². The van der Waals surface area contributed by atoms with Crippen LogP contribution in [0.3, 0.4) is 0 Å². The molecule has 94 valence electrons. The summed E-state index contributed by atoms with van der Waals surface area (Å²) >= 11 is 0. The number of alkyl halides is 3. The average molecular weight is 245 g/mol.